The van der Waals surface area contributed by atoms with Crippen molar-refractivity contribution in [1.29, 1.82) is 0 Å². The van der Waals surface area contributed by atoms with Crippen molar-refractivity contribution in [2.24, 2.45) is 0 Å². The first-order chi connectivity index (χ1) is 16.5. The van der Waals surface area contributed by atoms with Gasteiger partial charge in [0.1, 0.15) is 0 Å². The van der Waals surface area contributed by atoms with Crippen molar-refractivity contribution in [3.63, 3.8) is 0 Å². The molecule has 1 saturated heterocycles. The van der Waals surface area contributed by atoms with Gasteiger partial charge in [-0.1, -0.05) is 37.3 Å². The Kier molecular flexibility index (Phi) is 9.33. The summed E-state index contributed by atoms with van der Waals surface area (Å²) >= 11 is 0. The van der Waals surface area contributed by atoms with Crippen LogP contribution in [-0.4, -0.2) is 85.2 Å². The first kappa shape index (κ1) is 25.6. The summed E-state index contributed by atoms with van der Waals surface area (Å²) in [4.78, 5) is 44.3. The van der Waals surface area contributed by atoms with Crippen molar-refractivity contribution in [2.75, 3.05) is 52.4 Å². The van der Waals surface area contributed by atoms with Gasteiger partial charge in [0.05, 0.1) is 18.2 Å². The summed E-state index contributed by atoms with van der Waals surface area (Å²) in [6.07, 6.45) is 1.72. The van der Waals surface area contributed by atoms with Crippen molar-refractivity contribution in [1.82, 2.24) is 25.3 Å². The summed E-state index contributed by atoms with van der Waals surface area (Å²) < 4.78 is 5.44. The van der Waals surface area contributed by atoms with Gasteiger partial charge in [0.25, 0.3) is 0 Å². The highest BCUT2D eigenvalue weighted by atomic mass is 16.5. The zero-order chi connectivity index (χ0) is 24.5. The SMILES string of the molecule is CCCNC(=O)N1CCCN(CC2=C(C(=O)OCC)[C@H](c3ccccc3)NC(=O)N2CC)CC1. The van der Waals surface area contributed by atoms with Crippen LogP contribution in [0.5, 0.6) is 0 Å². The largest absolute Gasteiger partial charge is 0.463 e. The molecule has 2 heterocycles. The van der Waals surface area contributed by atoms with Gasteiger partial charge in [-0.05, 0) is 32.3 Å². The molecule has 2 aliphatic rings. The number of nitrogens with one attached hydrogen (secondary N) is 2. The maximum Gasteiger partial charge on any atom is 0.338 e. The minimum atomic E-state index is -0.575. The molecule has 2 N–H and O–H groups in total. The number of carbonyl (C=O) groups is 3. The summed E-state index contributed by atoms with van der Waals surface area (Å²) in [7, 11) is 0. The fourth-order valence-electron chi connectivity index (χ4n) is 4.44. The number of benzene rings is 1. The zero-order valence-corrected chi connectivity index (χ0v) is 20.5. The Morgan fingerprint density at radius 2 is 1.85 bits per heavy atom. The van der Waals surface area contributed by atoms with E-state index in [9.17, 15) is 14.4 Å². The fraction of sp³-hybridized carbons (Fsp3) is 0.560. The lowest BCUT2D eigenvalue weighted by Gasteiger charge is -2.38. The van der Waals surface area contributed by atoms with E-state index in [0.29, 0.717) is 50.5 Å². The third kappa shape index (κ3) is 6.08. The number of amides is 4. The third-order valence-electron chi connectivity index (χ3n) is 6.16. The summed E-state index contributed by atoms with van der Waals surface area (Å²) in [5, 5.41) is 5.94. The first-order valence-electron chi connectivity index (χ1n) is 12.3. The monoisotopic (exact) mass is 471 g/mol. The molecule has 186 valence electrons. The van der Waals surface area contributed by atoms with Gasteiger partial charge in [0, 0.05) is 51.5 Å². The van der Waals surface area contributed by atoms with Crippen LogP contribution in [0.25, 0.3) is 0 Å². The average molecular weight is 472 g/mol. The van der Waals surface area contributed by atoms with Gasteiger partial charge in [-0.3, -0.25) is 9.80 Å². The number of ether oxygens (including phenoxy) is 1. The van der Waals surface area contributed by atoms with E-state index in [1.165, 1.54) is 0 Å². The van der Waals surface area contributed by atoms with Crippen LogP contribution in [0.3, 0.4) is 0 Å². The maximum atomic E-state index is 13.2. The lowest BCUT2D eigenvalue weighted by molar-refractivity contribution is -0.139. The number of hydrogen-bond donors (Lipinski definition) is 2. The van der Waals surface area contributed by atoms with Crippen LogP contribution in [0.1, 0.15) is 45.2 Å². The lowest BCUT2D eigenvalue weighted by Crippen LogP contribution is -2.51. The molecular formula is C25H37N5O4. The van der Waals surface area contributed by atoms with Crippen LogP contribution < -0.4 is 10.6 Å². The number of carbonyl (C=O) groups excluding carboxylic acids is 3. The van der Waals surface area contributed by atoms with Crippen molar-refractivity contribution in [3.8, 4) is 0 Å². The number of hydrogen-bond acceptors (Lipinski definition) is 5. The molecule has 3 rings (SSSR count). The van der Waals surface area contributed by atoms with E-state index < -0.39 is 12.0 Å². The molecule has 9 nitrogen and oxygen atoms in total. The number of nitrogens with zero attached hydrogens (tertiary/aromatic N) is 3. The topological polar surface area (TPSA) is 94.2 Å². The van der Waals surface area contributed by atoms with Gasteiger partial charge in [-0.2, -0.15) is 0 Å². The molecule has 1 atom stereocenters. The molecule has 2 aliphatic heterocycles. The minimum Gasteiger partial charge on any atom is -0.463 e. The summed E-state index contributed by atoms with van der Waals surface area (Å²) in [5.41, 5.74) is 1.97. The quantitative estimate of drug-likeness (QED) is 0.569. The van der Waals surface area contributed by atoms with Crippen molar-refractivity contribution < 1.29 is 19.1 Å². The molecule has 0 bridgehead atoms. The summed E-state index contributed by atoms with van der Waals surface area (Å²) in [6, 6.07) is 8.66. The van der Waals surface area contributed by atoms with Crippen LogP contribution in [-0.2, 0) is 9.53 Å². The van der Waals surface area contributed by atoms with Crippen LogP contribution in [0.2, 0.25) is 0 Å². The van der Waals surface area contributed by atoms with E-state index in [4.69, 9.17) is 4.74 Å². The predicted molar refractivity (Wildman–Crippen MR) is 130 cm³/mol. The number of likely N-dealkylation sites (N-methyl/N-ethyl adjacent to an activating group) is 1. The van der Waals surface area contributed by atoms with E-state index >= 15 is 0 Å². The van der Waals surface area contributed by atoms with Crippen LogP contribution >= 0.6 is 0 Å². The Balaban J connectivity index is 1.89. The Bertz CT molecular complexity index is 889. The predicted octanol–water partition coefficient (Wildman–Crippen LogP) is 2.72. The van der Waals surface area contributed by atoms with Gasteiger partial charge in [-0.25, -0.2) is 14.4 Å². The van der Waals surface area contributed by atoms with E-state index in [-0.39, 0.29) is 18.7 Å². The lowest BCUT2D eigenvalue weighted by atomic mass is 9.94. The standard InChI is InChI=1S/C25H37N5O4/c1-4-13-26-24(32)29-15-10-14-28(16-17-29)18-20-21(23(31)34-6-3)22(19-11-8-7-9-12-19)27-25(33)30(20)5-2/h7-9,11-12,22H,4-6,10,13-18H2,1-3H3,(H,26,32)(H,27,33)/t22-/m0/s1. The molecule has 1 aromatic rings. The first-order valence-corrected chi connectivity index (χ1v) is 12.3. The molecule has 0 saturated carbocycles. The Hall–Kier alpha value is -3.07. The number of esters is 1. The molecule has 0 spiro atoms. The second-order valence-electron chi connectivity index (χ2n) is 8.47. The molecule has 0 radical (unpaired) electrons. The van der Waals surface area contributed by atoms with E-state index in [1.54, 1.807) is 11.8 Å². The highest BCUT2D eigenvalue weighted by Gasteiger charge is 2.38. The minimum absolute atomic E-state index is 0.0356. The normalized spacial score (nSPS) is 19.5. The summed E-state index contributed by atoms with van der Waals surface area (Å²) in [6.45, 7) is 10.2. The molecule has 0 aliphatic carbocycles. The Morgan fingerprint density at radius 3 is 2.53 bits per heavy atom. The van der Waals surface area contributed by atoms with Gasteiger partial charge in [0.15, 0.2) is 0 Å². The molecule has 1 fully saturated rings. The van der Waals surface area contributed by atoms with E-state index in [1.807, 2.05) is 49.1 Å². The third-order valence-corrected chi connectivity index (χ3v) is 6.16. The fourth-order valence-corrected chi connectivity index (χ4v) is 4.44. The van der Waals surface area contributed by atoms with Crippen molar-refractivity contribution in [3.05, 3.63) is 47.2 Å². The molecule has 0 unspecified atom stereocenters. The van der Waals surface area contributed by atoms with E-state index in [0.717, 1.165) is 24.9 Å². The van der Waals surface area contributed by atoms with Gasteiger partial charge in [-0.15, -0.1) is 0 Å². The van der Waals surface area contributed by atoms with Crippen LogP contribution in [0, 0.1) is 0 Å². The highest BCUT2D eigenvalue weighted by molar-refractivity contribution is 5.95. The molecule has 1 aromatic carbocycles. The second-order valence-corrected chi connectivity index (χ2v) is 8.47. The number of urea groups is 2. The Morgan fingerprint density at radius 1 is 1.09 bits per heavy atom. The Labute approximate surface area is 202 Å². The molecule has 34 heavy (non-hydrogen) atoms. The van der Waals surface area contributed by atoms with Crippen LogP contribution in [0.15, 0.2) is 41.6 Å². The molecule has 0 aromatic heterocycles. The zero-order valence-electron chi connectivity index (χ0n) is 20.5. The number of rotatable bonds is 8. The van der Waals surface area contributed by atoms with Gasteiger partial charge < -0.3 is 20.3 Å². The van der Waals surface area contributed by atoms with E-state index in [2.05, 4.69) is 15.5 Å². The van der Waals surface area contributed by atoms with Crippen LogP contribution in [0.4, 0.5) is 9.59 Å². The van der Waals surface area contributed by atoms with Gasteiger partial charge >= 0.3 is 18.0 Å². The molecular weight excluding hydrogens is 434 g/mol. The molecule has 9 heteroatoms. The summed E-state index contributed by atoms with van der Waals surface area (Å²) in [5.74, 6) is -0.416. The van der Waals surface area contributed by atoms with Crippen molar-refractivity contribution in [2.45, 2.75) is 39.7 Å². The second kappa shape index (κ2) is 12.4. The van der Waals surface area contributed by atoms with Crippen molar-refractivity contribution >= 4 is 18.0 Å². The van der Waals surface area contributed by atoms with Gasteiger partial charge in [0.2, 0.25) is 0 Å². The highest BCUT2D eigenvalue weighted by Crippen LogP contribution is 2.32. The smallest absolute Gasteiger partial charge is 0.338 e. The maximum absolute atomic E-state index is 13.2. The average Bonchev–Trinajstić information content (AvgIpc) is 3.08. The molecule has 4 amide bonds.